The van der Waals surface area contributed by atoms with Crippen LogP contribution in [0.25, 0.3) is 0 Å². The fourth-order valence-corrected chi connectivity index (χ4v) is 7.80. The second kappa shape index (κ2) is 6.27. The van der Waals surface area contributed by atoms with Gasteiger partial charge in [0.2, 0.25) is 0 Å². The van der Waals surface area contributed by atoms with E-state index in [4.69, 9.17) is 4.74 Å². The first kappa shape index (κ1) is 16.9. The summed E-state index contributed by atoms with van der Waals surface area (Å²) in [5, 5.41) is 0. The molecule has 2 heteroatoms. The molecule has 4 bridgehead atoms. The Morgan fingerprint density at radius 1 is 0.893 bits per heavy atom. The van der Waals surface area contributed by atoms with Gasteiger partial charge in [0.1, 0.15) is 5.75 Å². The van der Waals surface area contributed by atoms with Crippen LogP contribution in [0, 0.1) is 23.2 Å². The van der Waals surface area contributed by atoms with Gasteiger partial charge in [0.05, 0.1) is 13.2 Å². The number of anilines is 1. The van der Waals surface area contributed by atoms with E-state index in [9.17, 15) is 0 Å². The minimum Gasteiger partial charge on any atom is -0.497 e. The number of nitrogens with zero attached hydrogens (tertiary/aromatic N) is 1. The molecule has 0 N–H and O–H groups in total. The van der Waals surface area contributed by atoms with Crippen LogP contribution < -0.4 is 9.64 Å². The molecule has 28 heavy (non-hydrogen) atoms. The Kier molecular flexibility index (Phi) is 3.79. The van der Waals surface area contributed by atoms with Crippen LogP contribution >= 0.6 is 0 Å². The van der Waals surface area contributed by atoms with Gasteiger partial charge in [0, 0.05) is 12.2 Å². The first-order valence-electron chi connectivity index (χ1n) is 11.2. The highest BCUT2D eigenvalue weighted by molar-refractivity contribution is 5.54. The molecule has 5 aliphatic rings. The summed E-state index contributed by atoms with van der Waals surface area (Å²) < 4.78 is 5.56. The Bertz CT molecular complexity index is 838. The van der Waals surface area contributed by atoms with Crippen LogP contribution in [0.2, 0.25) is 0 Å². The van der Waals surface area contributed by atoms with E-state index in [1.54, 1.807) is 12.7 Å². The van der Waals surface area contributed by atoms with E-state index in [1.807, 2.05) is 0 Å². The van der Waals surface area contributed by atoms with Crippen molar-refractivity contribution >= 4 is 5.69 Å². The lowest BCUT2D eigenvalue weighted by Crippen LogP contribution is -2.54. The summed E-state index contributed by atoms with van der Waals surface area (Å²) >= 11 is 0. The molecule has 146 valence electrons. The van der Waals surface area contributed by atoms with E-state index < -0.39 is 0 Å². The van der Waals surface area contributed by atoms with Crippen molar-refractivity contribution in [2.24, 2.45) is 23.2 Å². The molecule has 2 nitrogen and oxygen atoms in total. The Morgan fingerprint density at radius 2 is 1.57 bits per heavy atom. The first-order valence-corrected chi connectivity index (χ1v) is 11.2. The van der Waals surface area contributed by atoms with E-state index in [-0.39, 0.29) is 0 Å². The van der Waals surface area contributed by atoms with Gasteiger partial charge in [-0.2, -0.15) is 0 Å². The molecule has 4 fully saturated rings. The molecule has 7 rings (SSSR count). The first-order chi connectivity index (χ1) is 13.7. The van der Waals surface area contributed by atoms with Crippen molar-refractivity contribution in [2.45, 2.75) is 51.0 Å². The largest absolute Gasteiger partial charge is 0.497 e. The molecule has 1 atom stereocenters. The molecule has 0 amide bonds. The number of hydrogen-bond donors (Lipinski definition) is 0. The predicted octanol–water partition coefficient (Wildman–Crippen LogP) is 6.02. The van der Waals surface area contributed by atoms with Crippen LogP contribution in [0.5, 0.6) is 5.75 Å². The van der Waals surface area contributed by atoms with Crippen LogP contribution in [0.1, 0.15) is 55.7 Å². The second-order valence-corrected chi connectivity index (χ2v) is 10.0. The highest BCUT2D eigenvalue weighted by Crippen LogP contribution is 2.66. The van der Waals surface area contributed by atoms with Gasteiger partial charge >= 0.3 is 0 Å². The summed E-state index contributed by atoms with van der Waals surface area (Å²) in [5.41, 5.74) is 4.98. The summed E-state index contributed by atoms with van der Waals surface area (Å²) in [6, 6.07) is 18.6. The topological polar surface area (TPSA) is 12.5 Å². The van der Waals surface area contributed by atoms with Crippen molar-refractivity contribution in [1.29, 1.82) is 0 Å². The Morgan fingerprint density at radius 3 is 2.21 bits per heavy atom. The van der Waals surface area contributed by atoms with Gasteiger partial charge in [-0.1, -0.05) is 24.3 Å². The van der Waals surface area contributed by atoms with Gasteiger partial charge in [0.25, 0.3) is 0 Å². The lowest BCUT2D eigenvalue weighted by Gasteiger charge is -2.62. The van der Waals surface area contributed by atoms with Crippen LogP contribution in [-0.2, 0) is 6.42 Å². The van der Waals surface area contributed by atoms with Crippen molar-refractivity contribution in [1.82, 2.24) is 0 Å². The fraction of sp³-hybridized carbons (Fsp3) is 0.538. The summed E-state index contributed by atoms with van der Waals surface area (Å²) in [6.45, 7) is 1.12. The van der Waals surface area contributed by atoms with E-state index in [1.165, 1.54) is 49.8 Å². The zero-order valence-corrected chi connectivity index (χ0v) is 16.9. The number of methoxy groups -OCH3 is 1. The van der Waals surface area contributed by atoms with Crippen LogP contribution in [0.15, 0.2) is 48.5 Å². The van der Waals surface area contributed by atoms with Crippen LogP contribution in [-0.4, -0.2) is 13.7 Å². The third-order valence-electron chi connectivity index (χ3n) is 8.33. The van der Waals surface area contributed by atoms with Crippen molar-refractivity contribution in [3.63, 3.8) is 0 Å². The summed E-state index contributed by atoms with van der Waals surface area (Å²) in [7, 11) is 1.79. The average molecular weight is 374 g/mol. The van der Waals surface area contributed by atoms with E-state index in [0.717, 1.165) is 36.5 Å². The number of ether oxygens (including phenoxy) is 1. The van der Waals surface area contributed by atoms with Gasteiger partial charge < -0.3 is 9.64 Å². The summed E-state index contributed by atoms with van der Waals surface area (Å²) in [5.74, 6) is 3.95. The standard InChI is InChI=1S/C26H31NO/c1-28-23-7-8-24-21(14-23)9-10-27(22-5-3-2-4-6-22)25(24)26-15-18-11-19(16-26)13-20(12-18)17-26/h2-8,14,18-20,25H,9-13,15-17H2,1H3. The average Bonchev–Trinajstić information content (AvgIpc) is 2.72. The molecule has 2 aromatic rings. The number of hydrogen-bond acceptors (Lipinski definition) is 2. The molecule has 4 saturated carbocycles. The molecule has 2 aromatic carbocycles. The number of fused-ring (bicyclic) bond motifs is 1. The number of para-hydroxylation sites is 1. The Hall–Kier alpha value is -1.96. The zero-order valence-electron chi connectivity index (χ0n) is 16.9. The zero-order chi connectivity index (χ0) is 18.7. The maximum absolute atomic E-state index is 5.56. The van der Waals surface area contributed by atoms with Gasteiger partial charge in [-0.3, -0.25) is 0 Å². The highest BCUT2D eigenvalue weighted by atomic mass is 16.5. The van der Waals surface area contributed by atoms with Crippen LogP contribution in [0.3, 0.4) is 0 Å². The predicted molar refractivity (Wildman–Crippen MR) is 114 cm³/mol. The minimum absolute atomic E-state index is 0.467. The molecule has 0 spiro atoms. The van der Waals surface area contributed by atoms with Gasteiger partial charge in [-0.15, -0.1) is 0 Å². The van der Waals surface area contributed by atoms with E-state index in [2.05, 4.69) is 53.4 Å². The number of benzene rings is 2. The molecule has 0 radical (unpaired) electrons. The monoisotopic (exact) mass is 373 g/mol. The SMILES string of the molecule is COc1ccc2c(c1)CCN(c1ccccc1)C2C12CC3CC(CC(C3)C1)C2. The van der Waals surface area contributed by atoms with Crippen molar-refractivity contribution in [3.05, 3.63) is 59.7 Å². The van der Waals surface area contributed by atoms with Gasteiger partial charge in [-0.25, -0.2) is 0 Å². The number of rotatable bonds is 3. The third kappa shape index (κ3) is 2.53. The summed E-state index contributed by atoms with van der Waals surface area (Å²) in [6.07, 6.45) is 9.96. The van der Waals surface area contributed by atoms with Gasteiger partial charge in [-0.05, 0) is 104 Å². The Balaban J connectivity index is 1.49. The van der Waals surface area contributed by atoms with Gasteiger partial charge in [0.15, 0.2) is 0 Å². The van der Waals surface area contributed by atoms with Crippen molar-refractivity contribution in [2.75, 3.05) is 18.6 Å². The molecule has 1 aliphatic heterocycles. The summed E-state index contributed by atoms with van der Waals surface area (Å²) in [4.78, 5) is 2.77. The molecular formula is C26H31NO. The lowest BCUT2D eigenvalue weighted by molar-refractivity contribution is -0.0700. The normalized spacial score (nSPS) is 35.7. The molecule has 0 aromatic heterocycles. The molecule has 1 unspecified atom stereocenters. The maximum atomic E-state index is 5.56. The maximum Gasteiger partial charge on any atom is 0.119 e. The molecule has 4 aliphatic carbocycles. The van der Waals surface area contributed by atoms with E-state index in [0.29, 0.717) is 11.5 Å². The minimum atomic E-state index is 0.467. The highest BCUT2D eigenvalue weighted by Gasteiger charge is 2.56. The molecular weight excluding hydrogens is 342 g/mol. The second-order valence-electron chi connectivity index (χ2n) is 10.0. The van der Waals surface area contributed by atoms with Crippen molar-refractivity contribution < 1.29 is 4.74 Å². The van der Waals surface area contributed by atoms with Crippen molar-refractivity contribution in [3.8, 4) is 5.75 Å². The lowest BCUT2D eigenvalue weighted by atomic mass is 9.46. The van der Waals surface area contributed by atoms with Crippen LogP contribution in [0.4, 0.5) is 5.69 Å². The third-order valence-corrected chi connectivity index (χ3v) is 8.33. The molecule has 0 saturated heterocycles. The van der Waals surface area contributed by atoms with E-state index >= 15 is 0 Å². The fourth-order valence-electron chi connectivity index (χ4n) is 7.80. The Labute approximate surface area is 168 Å². The quantitative estimate of drug-likeness (QED) is 0.653. The smallest absolute Gasteiger partial charge is 0.119 e. The molecule has 1 heterocycles.